The highest BCUT2D eigenvalue weighted by Gasteiger charge is 2.22. The van der Waals surface area contributed by atoms with Gasteiger partial charge in [-0.15, -0.1) is 0 Å². The summed E-state index contributed by atoms with van der Waals surface area (Å²) >= 11 is 0. The van der Waals surface area contributed by atoms with Gasteiger partial charge in [0, 0.05) is 39.8 Å². The Morgan fingerprint density at radius 1 is 1.18 bits per heavy atom. The molecule has 0 saturated carbocycles. The summed E-state index contributed by atoms with van der Waals surface area (Å²) in [4.78, 5) is 7.28. The molecule has 0 bridgehead atoms. The lowest BCUT2D eigenvalue weighted by atomic mass is 10.1. The lowest BCUT2D eigenvalue weighted by Gasteiger charge is -2.35. The van der Waals surface area contributed by atoms with Gasteiger partial charge in [0.2, 0.25) is 0 Å². The fourth-order valence-corrected chi connectivity index (χ4v) is 3.40. The Bertz CT molecular complexity index is 623. The van der Waals surface area contributed by atoms with Crippen molar-refractivity contribution in [2.75, 3.05) is 33.3 Å². The maximum Gasteiger partial charge on any atom is 0.191 e. The first-order valence-corrected chi connectivity index (χ1v) is 10.3. The Morgan fingerprint density at radius 3 is 2.43 bits per heavy atom. The third-order valence-electron chi connectivity index (χ3n) is 4.99. The van der Waals surface area contributed by atoms with E-state index in [0.717, 1.165) is 32.1 Å². The highest BCUT2D eigenvalue weighted by Crippen LogP contribution is 2.17. The monoisotopic (exact) mass is 390 g/mol. The maximum atomic E-state index is 5.86. The lowest BCUT2D eigenvalue weighted by Crippen LogP contribution is -2.45. The average Bonchev–Trinajstić information content (AvgIpc) is 2.64. The molecule has 0 aliphatic carbocycles. The van der Waals surface area contributed by atoms with Crippen molar-refractivity contribution < 1.29 is 9.47 Å². The van der Waals surface area contributed by atoms with Gasteiger partial charge in [-0.05, 0) is 45.7 Å². The zero-order valence-electron chi connectivity index (χ0n) is 18.4. The van der Waals surface area contributed by atoms with E-state index in [4.69, 9.17) is 14.5 Å². The zero-order chi connectivity index (χ0) is 20.6. The molecule has 0 radical (unpaired) electrons. The van der Waals surface area contributed by atoms with Crippen molar-refractivity contribution in [3.8, 4) is 0 Å². The summed E-state index contributed by atoms with van der Waals surface area (Å²) in [6.45, 7) is 15.5. The van der Waals surface area contributed by atoms with Crippen molar-refractivity contribution >= 4 is 5.96 Å². The minimum atomic E-state index is -0.238. The van der Waals surface area contributed by atoms with Crippen molar-refractivity contribution in [1.29, 1.82) is 0 Å². The van der Waals surface area contributed by atoms with Crippen LogP contribution in [0.4, 0.5) is 0 Å². The summed E-state index contributed by atoms with van der Waals surface area (Å²) in [6.07, 6.45) is 0.560. The van der Waals surface area contributed by atoms with Gasteiger partial charge in [-0.3, -0.25) is 4.90 Å². The van der Waals surface area contributed by atoms with Crippen molar-refractivity contribution in [3.05, 3.63) is 35.4 Å². The molecule has 1 aromatic carbocycles. The minimum Gasteiger partial charge on any atom is -0.377 e. The van der Waals surface area contributed by atoms with Gasteiger partial charge in [-0.2, -0.15) is 0 Å². The van der Waals surface area contributed by atoms with Crippen LogP contribution in [0.25, 0.3) is 0 Å². The second kappa shape index (κ2) is 10.8. The van der Waals surface area contributed by atoms with Crippen LogP contribution in [-0.4, -0.2) is 62.0 Å². The van der Waals surface area contributed by atoms with E-state index in [1.807, 2.05) is 0 Å². The van der Waals surface area contributed by atoms with E-state index in [-0.39, 0.29) is 17.8 Å². The summed E-state index contributed by atoms with van der Waals surface area (Å²) in [6, 6.07) is 8.59. The van der Waals surface area contributed by atoms with Gasteiger partial charge in [0.05, 0.1) is 24.4 Å². The van der Waals surface area contributed by atoms with Crippen LogP contribution in [0.5, 0.6) is 0 Å². The fraction of sp³-hybridized carbons (Fsp3) is 0.682. The van der Waals surface area contributed by atoms with Crippen LogP contribution in [0.2, 0.25) is 0 Å². The molecule has 6 nitrogen and oxygen atoms in total. The number of rotatable bonds is 8. The molecule has 1 aromatic rings. The van der Waals surface area contributed by atoms with Crippen LogP contribution >= 0.6 is 0 Å². The topological polar surface area (TPSA) is 58.1 Å². The first kappa shape index (κ1) is 22.7. The van der Waals surface area contributed by atoms with Crippen molar-refractivity contribution in [3.63, 3.8) is 0 Å². The van der Waals surface area contributed by atoms with Crippen LogP contribution in [0.15, 0.2) is 29.3 Å². The number of aliphatic imine (C=N–C) groups is 1. The van der Waals surface area contributed by atoms with E-state index in [1.165, 1.54) is 11.1 Å². The number of hydrogen-bond acceptors (Lipinski definition) is 4. The molecule has 28 heavy (non-hydrogen) atoms. The number of benzene rings is 1. The van der Waals surface area contributed by atoms with Gasteiger partial charge in [0.15, 0.2) is 5.96 Å². The summed E-state index contributed by atoms with van der Waals surface area (Å²) in [5.74, 6) is 0.816. The lowest BCUT2D eigenvalue weighted by molar-refractivity contribution is -0.0705. The molecule has 2 N–H and O–H groups in total. The predicted octanol–water partition coefficient (Wildman–Crippen LogP) is 2.78. The Morgan fingerprint density at radius 2 is 1.82 bits per heavy atom. The molecule has 1 fully saturated rings. The molecule has 1 saturated heterocycles. The van der Waals surface area contributed by atoms with Gasteiger partial charge in [0.25, 0.3) is 0 Å². The molecule has 2 unspecified atom stereocenters. The van der Waals surface area contributed by atoms with E-state index < -0.39 is 0 Å². The summed E-state index contributed by atoms with van der Waals surface area (Å²) in [7, 11) is 1.73. The number of hydrogen-bond donors (Lipinski definition) is 2. The molecule has 0 amide bonds. The van der Waals surface area contributed by atoms with E-state index >= 15 is 0 Å². The quantitative estimate of drug-likeness (QED) is 0.528. The largest absolute Gasteiger partial charge is 0.377 e. The standard InChI is InChI=1S/C22H38N4O2/c1-7-23-21(25-16-22(4,5)27-6)24-12-19-10-8-9-11-20(19)15-26-13-17(2)28-18(3)14-26/h8-11,17-18H,7,12-16H2,1-6H3,(H2,23,24,25). The van der Waals surface area contributed by atoms with Crippen LogP contribution in [0.1, 0.15) is 45.7 Å². The number of morpholine rings is 1. The number of guanidine groups is 1. The Labute approximate surface area is 170 Å². The Kier molecular flexibility index (Phi) is 8.73. The predicted molar refractivity (Wildman–Crippen MR) is 116 cm³/mol. The normalized spacial score (nSPS) is 21.6. The first-order valence-electron chi connectivity index (χ1n) is 10.3. The summed E-state index contributed by atoms with van der Waals surface area (Å²) < 4.78 is 11.4. The maximum absolute atomic E-state index is 5.86. The SMILES string of the molecule is CCNC(=NCc1ccccc1CN1CC(C)OC(C)C1)NCC(C)(C)OC. The van der Waals surface area contributed by atoms with E-state index in [1.54, 1.807) is 7.11 Å². The van der Waals surface area contributed by atoms with Crippen LogP contribution in [-0.2, 0) is 22.6 Å². The van der Waals surface area contributed by atoms with E-state index in [2.05, 4.69) is 74.4 Å². The molecule has 1 heterocycles. The second-order valence-corrected chi connectivity index (χ2v) is 8.23. The van der Waals surface area contributed by atoms with E-state index in [9.17, 15) is 0 Å². The number of nitrogens with one attached hydrogen (secondary N) is 2. The van der Waals surface area contributed by atoms with Crippen molar-refractivity contribution in [2.45, 2.75) is 65.5 Å². The minimum absolute atomic E-state index is 0.238. The number of nitrogens with zero attached hydrogens (tertiary/aromatic N) is 2. The molecule has 2 rings (SSSR count). The number of ether oxygens (including phenoxy) is 2. The molecular formula is C22H38N4O2. The Balaban J connectivity index is 2.04. The first-order chi connectivity index (χ1) is 13.3. The highest BCUT2D eigenvalue weighted by molar-refractivity contribution is 5.79. The van der Waals surface area contributed by atoms with Crippen molar-refractivity contribution in [2.24, 2.45) is 4.99 Å². The van der Waals surface area contributed by atoms with Crippen molar-refractivity contribution in [1.82, 2.24) is 15.5 Å². The third kappa shape index (κ3) is 7.41. The molecule has 0 aromatic heterocycles. The Hall–Kier alpha value is -1.63. The van der Waals surface area contributed by atoms with Crippen LogP contribution < -0.4 is 10.6 Å². The fourth-order valence-electron chi connectivity index (χ4n) is 3.40. The molecule has 2 atom stereocenters. The van der Waals surface area contributed by atoms with Gasteiger partial charge >= 0.3 is 0 Å². The molecule has 0 spiro atoms. The second-order valence-electron chi connectivity index (χ2n) is 8.23. The van der Waals surface area contributed by atoms with Crippen LogP contribution in [0, 0.1) is 0 Å². The van der Waals surface area contributed by atoms with E-state index in [0.29, 0.717) is 13.1 Å². The third-order valence-corrected chi connectivity index (χ3v) is 4.99. The van der Waals surface area contributed by atoms with Gasteiger partial charge < -0.3 is 20.1 Å². The average molecular weight is 391 g/mol. The molecule has 6 heteroatoms. The van der Waals surface area contributed by atoms with Crippen LogP contribution in [0.3, 0.4) is 0 Å². The summed E-state index contributed by atoms with van der Waals surface area (Å²) in [5.41, 5.74) is 2.36. The smallest absolute Gasteiger partial charge is 0.191 e. The molecule has 1 aliphatic rings. The molecular weight excluding hydrogens is 352 g/mol. The molecule has 158 valence electrons. The molecule has 1 aliphatic heterocycles. The zero-order valence-corrected chi connectivity index (χ0v) is 18.4. The van der Waals surface area contributed by atoms with Gasteiger partial charge in [-0.1, -0.05) is 24.3 Å². The summed E-state index contributed by atoms with van der Waals surface area (Å²) in [5, 5.41) is 6.70. The van der Waals surface area contributed by atoms with Gasteiger partial charge in [0.1, 0.15) is 0 Å². The van der Waals surface area contributed by atoms with Gasteiger partial charge in [-0.25, -0.2) is 4.99 Å². The highest BCUT2D eigenvalue weighted by atomic mass is 16.5. The number of methoxy groups -OCH3 is 1.